The Morgan fingerprint density at radius 2 is 2.00 bits per heavy atom. The topological polar surface area (TPSA) is 123 Å². The van der Waals surface area contributed by atoms with Crippen LogP contribution in [-0.4, -0.2) is 91.1 Å². The molecule has 3 N–H and O–H groups in total. The lowest BCUT2D eigenvalue weighted by atomic mass is 9.62. The zero-order chi connectivity index (χ0) is 26.3. The number of hydrogen-bond acceptors (Lipinski definition) is 10. The molecule has 0 aromatic carbocycles. The van der Waals surface area contributed by atoms with Gasteiger partial charge in [-0.15, -0.1) is 0 Å². The highest BCUT2D eigenvalue weighted by atomic mass is 16.5. The van der Waals surface area contributed by atoms with Gasteiger partial charge in [-0.2, -0.15) is 4.98 Å². The van der Waals surface area contributed by atoms with Crippen molar-refractivity contribution in [1.82, 2.24) is 20.2 Å². The molecular weight excluding hydrogens is 484 g/mol. The zero-order valence-corrected chi connectivity index (χ0v) is 22.5. The summed E-state index contributed by atoms with van der Waals surface area (Å²) in [7, 11) is 2.12. The van der Waals surface area contributed by atoms with Gasteiger partial charge in [0.15, 0.2) is 11.6 Å². The van der Waals surface area contributed by atoms with Gasteiger partial charge < -0.3 is 30.3 Å². The van der Waals surface area contributed by atoms with E-state index in [-0.39, 0.29) is 22.8 Å². The average Bonchev–Trinajstić information content (AvgIpc) is 3.33. The first kappa shape index (κ1) is 25.7. The lowest BCUT2D eigenvalue weighted by Crippen LogP contribution is -2.70. The summed E-state index contributed by atoms with van der Waals surface area (Å²) >= 11 is 0. The van der Waals surface area contributed by atoms with Crippen LogP contribution in [0, 0.1) is 5.41 Å². The van der Waals surface area contributed by atoms with Crippen molar-refractivity contribution in [2.24, 2.45) is 11.1 Å². The van der Waals surface area contributed by atoms with E-state index in [0.29, 0.717) is 68.8 Å². The highest BCUT2D eigenvalue weighted by molar-refractivity contribution is 6.17. The molecule has 5 aliphatic rings. The van der Waals surface area contributed by atoms with E-state index in [1.165, 1.54) is 0 Å². The fourth-order valence-electron chi connectivity index (χ4n) is 6.90. The molecule has 2 atom stereocenters. The van der Waals surface area contributed by atoms with Crippen LogP contribution in [0.3, 0.4) is 0 Å². The summed E-state index contributed by atoms with van der Waals surface area (Å²) in [5.41, 5.74) is 6.53. The van der Waals surface area contributed by atoms with E-state index in [4.69, 9.17) is 25.2 Å². The van der Waals surface area contributed by atoms with Crippen LogP contribution in [0.5, 0.6) is 5.88 Å². The molecular formula is C28H40N6O4. The van der Waals surface area contributed by atoms with E-state index in [2.05, 4.69) is 22.2 Å². The van der Waals surface area contributed by atoms with Crippen molar-refractivity contribution in [2.75, 3.05) is 57.9 Å². The number of aromatic nitrogens is 2. The van der Waals surface area contributed by atoms with Gasteiger partial charge in [0, 0.05) is 43.7 Å². The second-order valence-electron chi connectivity index (χ2n) is 11.9. The van der Waals surface area contributed by atoms with Gasteiger partial charge in [0.2, 0.25) is 5.88 Å². The number of Topliss-reactive ketones (excluding diaryl/α,β-unsaturated/α-hetero) is 2. The highest BCUT2D eigenvalue weighted by Gasteiger charge is 2.49. The summed E-state index contributed by atoms with van der Waals surface area (Å²) in [6, 6.07) is 2.24. The Balaban J connectivity index is 1.33. The number of carbonyl (C=O) groups excluding carboxylic acids is 2. The number of hydrogen-bond donors (Lipinski definition) is 2. The van der Waals surface area contributed by atoms with Crippen LogP contribution in [-0.2, 0) is 14.3 Å². The van der Waals surface area contributed by atoms with Gasteiger partial charge in [-0.05, 0) is 58.5 Å². The number of allylic oxidation sites excluding steroid dienone is 1. The zero-order valence-electron chi connectivity index (χ0n) is 22.5. The summed E-state index contributed by atoms with van der Waals surface area (Å²) in [5.74, 6) is 1.50. The normalized spacial score (nSPS) is 31.1. The molecule has 0 radical (unpaired) electrons. The Morgan fingerprint density at radius 3 is 2.74 bits per heavy atom. The van der Waals surface area contributed by atoms with Gasteiger partial charge >= 0.3 is 0 Å². The minimum Gasteiger partial charge on any atom is -0.476 e. The van der Waals surface area contributed by atoms with Crippen LogP contribution in [0.2, 0.25) is 0 Å². The van der Waals surface area contributed by atoms with Gasteiger partial charge in [0.05, 0.1) is 29.9 Å². The van der Waals surface area contributed by atoms with Crippen LogP contribution < -0.4 is 20.7 Å². The Labute approximate surface area is 224 Å². The summed E-state index contributed by atoms with van der Waals surface area (Å²) in [5, 5.41) is 3.59. The molecule has 0 unspecified atom stereocenters. The summed E-state index contributed by atoms with van der Waals surface area (Å²) < 4.78 is 11.7. The maximum atomic E-state index is 13.8. The van der Waals surface area contributed by atoms with Crippen LogP contribution >= 0.6 is 0 Å². The number of nitrogens with two attached hydrogens (primary N) is 1. The number of rotatable bonds is 5. The quantitative estimate of drug-likeness (QED) is 0.434. The minimum absolute atomic E-state index is 0.0615. The standard InChI is InChI=1S/C28H40N6O4/c1-33-12-5-6-19(33)15-38-23-14-22(34-13-11-30-27(16-34)17-37-18-27)31-26(32-23)24(29)20-7-4-10-28(25(20)36)9-3-2-8-21(28)35/h14,19,30H,2-13,15-18,29H2,1H3/b24-20-/t19-,28+/m0/s1. The number of ketones is 2. The first-order valence-corrected chi connectivity index (χ1v) is 14.3. The largest absolute Gasteiger partial charge is 0.476 e. The number of likely N-dealkylation sites (N-methyl/N-ethyl adjacent to an activating group) is 1. The smallest absolute Gasteiger partial charge is 0.219 e. The molecule has 1 aromatic heterocycles. The summed E-state index contributed by atoms with van der Waals surface area (Å²) in [6.07, 6.45) is 7.06. The van der Waals surface area contributed by atoms with Gasteiger partial charge in [-0.1, -0.05) is 6.42 Å². The van der Waals surface area contributed by atoms with E-state index < -0.39 is 5.41 Å². The van der Waals surface area contributed by atoms with Gasteiger partial charge in [0.1, 0.15) is 18.2 Å². The van der Waals surface area contributed by atoms with E-state index in [1.54, 1.807) is 0 Å². The Kier molecular flexibility index (Phi) is 6.90. The van der Waals surface area contributed by atoms with Crippen molar-refractivity contribution in [1.29, 1.82) is 0 Å². The fraction of sp³-hybridized carbons (Fsp3) is 0.714. The molecule has 1 aromatic rings. The molecule has 3 aliphatic heterocycles. The Hall–Kier alpha value is -2.56. The SMILES string of the molecule is CN1CCC[C@H]1COc1cc(N2CCNC3(COC3)C2)nc(/C(N)=C2\CCC[C@@]3(CCCCC3=O)C2=O)n1. The number of anilines is 1. The molecule has 2 saturated carbocycles. The van der Waals surface area contributed by atoms with Crippen LogP contribution in [0.25, 0.3) is 5.70 Å². The first-order valence-electron chi connectivity index (χ1n) is 14.3. The average molecular weight is 525 g/mol. The monoisotopic (exact) mass is 524 g/mol. The van der Waals surface area contributed by atoms with E-state index in [0.717, 1.165) is 64.1 Å². The number of ether oxygens (including phenoxy) is 2. The summed E-state index contributed by atoms with van der Waals surface area (Å²) in [6.45, 7) is 5.34. The molecule has 3 saturated heterocycles. The van der Waals surface area contributed by atoms with E-state index >= 15 is 0 Å². The van der Waals surface area contributed by atoms with Gasteiger partial charge in [-0.3, -0.25) is 9.59 Å². The number of nitrogens with zero attached hydrogens (tertiary/aromatic N) is 4. The third kappa shape index (κ3) is 4.60. The lowest BCUT2D eigenvalue weighted by Gasteiger charge is -2.49. The number of nitrogens with one attached hydrogen (secondary N) is 1. The molecule has 6 rings (SSSR count). The number of carbonyl (C=O) groups is 2. The Morgan fingerprint density at radius 1 is 1.16 bits per heavy atom. The molecule has 206 valence electrons. The molecule has 5 fully saturated rings. The predicted molar refractivity (Wildman–Crippen MR) is 143 cm³/mol. The molecule has 0 bridgehead atoms. The number of likely N-dealkylation sites (tertiary alicyclic amines) is 1. The van der Waals surface area contributed by atoms with Crippen LogP contribution in [0.1, 0.15) is 63.6 Å². The molecule has 2 spiro atoms. The van der Waals surface area contributed by atoms with Crippen molar-refractivity contribution < 1.29 is 19.1 Å². The molecule has 4 heterocycles. The van der Waals surface area contributed by atoms with Crippen molar-refractivity contribution in [3.63, 3.8) is 0 Å². The maximum absolute atomic E-state index is 13.8. The van der Waals surface area contributed by atoms with Crippen molar-refractivity contribution >= 4 is 23.1 Å². The Bertz CT molecular complexity index is 1130. The van der Waals surface area contributed by atoms with Crippen molar-refractivity contribution in [2.45, 2.75) is 69.4 Å². The van der Waals surface area contributed by atoms with Crippen molar-refractivity contribution in [3.05, 3.63) is 17.5 Å². The molecule has 0 amide bonds. The minimum atomic E-state index is -0.907. The second-order valence-corrected chi connectivity index (χ2v) is 11.9. The highest BCUT2D eigenvalue weighted by Crippen LogP contribution is 2.45. The third-order valence-corrected chi connectivity index (χ3v) is 9.34. The first-order chi connectivity index (χ1) is 18.4. The lowest BCUT2D eigenvalue weighted by molar-refractivity contribution is -0.143. The van der Waals surface area contributed by atoms with Crippen molar-refractivity contribution in [3.8, 4) is 5.88 Å². The second kappa shape index (κ2) is 10.2. The molecule has 10 heteroatoms. The number of piperazine rings is 1. The maximum Gasteiger partial charge on any atom is 0.219 e. The predicted octanol–water partition coefficient (Wildman–Crippen LogP) is 1.68. The van der Waals surface area contributed by atoms with Crippen LogP contribution in [0.4, 0.5) is 5.82 Å². The third-order valence-electron chi connectivity index (χ3n) is 9.34. The molecule has 10 nitrogen and oxygen atoms in total. The van der Waals surface area contributed by atoms with E-state index in [1.807, 2.05) is 6.07 Å². The fourth-order valence-corrected chi connectivity index (χ4v) is 6.90. The van der Waals surface area contributed by atoms with Gasteiger partial charge in [0.25, 0.3) is 0 Å². The summed E-state index contributed by atoms with van der Waals surface area (Å²) in [4.78, 5) is 40.9. The molecule has 38 heavy (non-hydrogen) atoms. The van der Waals surface area contributed by atoms with E-state index in [9.17, 15) is 9.59 Å². The van der Waals surface area contributed by atoms with Crippen LogP contribution in [0.15, 0.2) is 11.6 Å². The van der Waals surface area contributed by atoms with Gasteiger partial charge in [-0.25, -0.2) is 4.98 Å². The molecule has 2 aliphatic carbocycles.